The molecule has 3 N–H and O–H groups in total. The molecule has 0 unspecified atom stereocenters. The molecule has 0 radical (unpaired) electrons. The van der Waals surface area contributed by atoms with Gasteiger partial charge in [-0.25, -0.2) is 9.37 Å². The van der Waals surface area contributed by atoms with Crippen LogP contribution in [0.2, 0.25) is 0 Å². The maximum absolute atomic E-state index is 13.0. The van der Waals surface area contributed by atoms with Gasteiger partial charge in [0.25, 0.3) is 0 Å². The minimum atomic E-state index is -0.281. The summed E-state index contributed by atoms with van der Waals surface area (Å²) in [6, 6.07) is 4.33. The molecule has 0 aliphatic rings. The van der Waals surface area contributed by atoms with Gasteiger partial charge in [0.1, 0.15) is 5.82 Å². The highest BCUT2D eigenvalue weighted by atomic mass is 19.1. The number of hydrogen-bond acceptors (Lipinski definition) is 3. The highest BCUT2D eigenvalue weighted by molar-refractivity contribution is 5.65. The number of rotatable bonds is 5. The van der Waals surface area contributed by atoms with E-state index in [1.807, 2.05) is 10.8 Å². The molecule has 1 aromatic carbocycles. The number of benzene rings is 1. The fraction of sp³-hybridized carbons (Fsp3) is 0.250. The van der Waals surface area contributed by atoms with Crippen LogP contribution in [0.5, 0.6) is 0 Å². The van der Waals surface area contributed by atoms with Crippen LogP contribution in [0.3, 0.4) is 0 Å². The summed E-state index contributed by atoms with van der Waals surface area (Å²) < 4.78 is 15.0. The summed E-state index contributed by atoms with van der Waals surface area (Å²) in [6.45, 7) is 1.62. The molecular weight excluding hydrogens is 219 g/mol. The van der Waals surface area contributed by atoms with Gasteiger partial charge in [-0.05, 0) is 24.6 Å². The third-order valence-electron chi connectivity index (χ3n) is 2.48. The van der Waals surface area contributed by atoms with Gasteiger partial charge in [-0.2, -0.15) is 0 Å². The summed E-state index contributed by atoms with van der Waals surface area (Å²) in [5.74, 6) is -0.281. The Morgan fingerprint density at radius 1 is 1.41 bits per heavy atom. The van der Waals surface area contributed by atoms with E-state index in [0.717, 1.165) is 19.5 Å². The summed E-state index contributed by atoms with van der Waals surface area (Å²) in [6.07, 6.45) is 6.36. The maximum Gasteiger partial charge on any atom is 0.125 e. The third kappa shape index (κ3) is 3.21. The van der Waals surface area contributed by atoms with Gasteiger partial charge in [0.15, 0.2) is 0 Å². The topological polar surface area (TPSA) is 55.9 Å². The zero-order valence-corrected chi connectivity index (χ0v) is 9.44. The lowest BCUT2D eigenvalue weighted by Crippen LogP contribution is -2.07. The molecular formula is C12H15FN4. The van der Waals surface area contributed by atoms with Crippen molar-refractivity contribution in [2.24, 2.45) is 0 Å². The van der Waals surface area contributed by atoms with Gasteiger partial charge in [0, 0.05) is 25.5 Å². The van der Waals surface area contributed by atoms with Crippen LogP contribution in [0.1, 0.15) is 6.42 Å². The fourth-order valence-corrected chi connectivity index (χ4v) is 1.59. The lowest BCUT2D eigenvalue weighted by molar-refractivity contribution is 0.627. The lowest BCUT2D eigenvalue weighted by atomic mass is 10.2. The molecule has 1 heterocycles. The molecule has 0 spiro atoms. The van der Waals surface area contributed by atoms with Gasteiger partial charge >= 0.3 is 0 Å². The van der Waals surface area contributed by atoms with E-state index in [1.54, 1.807) is 18.6 Å². The van der Waals surface area contributed by atoms with E-state index in [-0.39, 0.29) is 5.82 Å². The summed E-state index contributed by atoms with van der Waals surface area (Å²) in [7, 11) is 0. The third-order valence-corrected chi connectivity index (χ3v) is 2.48. The van der Waals surface area contributed by atoms with Gasteiger partial charge in [-0.1, -0.05) is 0 Å². The Kier molecular flexibility index (Phi) is 3.59. The summed E-state index contributed by atoms with van der Waals surface area (Å²) in [5.41, 5.74) is 6.93. The van der Waals surface area contributed by atoms with Gasteiger partial charge in [-0.3, -0.25) is 0 Å². The maximum atomic E-state index is 13.0. The van der Waals surface area contributed by atoms with Crippen molar-refractivity contribution in [1.29, 1.82) is 0 Å². The number of aromatic nitrogens is 2. The van der Waals surface area contributed by atoms with Crippen molar-refractivity contribution in [3.8, 4) is 0 Å². The zero-order chi connectivity index (χ0) is 12.1. The first-order valence-electron chi connectivity index (χ1n) is 5.50. The Hall–Kier alpha value is -2.04. The Morgan fingerprint density at radius 2 is 2.29 bits per heavy atom. The van der Waals surface area contributed by atoms with E-state index in [2.05, 4.69) is 10.3 Å². The van der Waals surface area contributed by atoms with E-state index in [9.17, 15) is 4.39 Å². The Bertz CT molecular complexity index is 467. The molecule has 0 bridgehead atoms. The molecule has 0 atom stereocenters. The average molecular weight is 234 g/mol. The predicted octanol–water partition coefficient (Wildman–Crippen LogP) is 2.11. The highest BCUT2D eigenvalue weighted by Gasteiger charge is 2.00. The number of hydrogen-bond donors (Lipinski definition) is 2. The zero-order valence-electron chi connectivity index (χ0n) is 9.44. The second-order valence-electron chi connectivity index (χ2n) is 3.81. The van der Waals surface area contributed by atoms with Crippen molar-refractivity contribution in [2.75, 3.05) is 17.6 Å². The number of aryl methyl sites for hydroxylation is 1. The molecule has 0 saturated heterocycles. The van der Waals surface area contributed by atoms with Crippen LogP contribution in [0.25, 0.3) is 0 Å². The monoisotopic (exact) mass is 234 g/mol. The van der Waals surface area contributed by atoms with E-state index >= 15 is 0 Å². The van der Waals surface area contributed by atoms with Crippen LogP contribution in [0, 0.1) is 5.82 Å². The molecule has 5 heteroatoms. The molecule has 90 valence electrons. The number of nitrogens with two attached hydrogens (primary N) is 1. The Labute approximate surface area is 99.3 Å². The van der Waals surface area contributed by atoms with E-state index in [1.165, 1.54) is 12.1 Å². The van der Waals surface area contributed by atoms with E-state index < -0.39 is 0 Å². The summed E-state index contributed by atoms with van der Waals surface area (Å²) in [4.78, 5) is 3.96. The number of halogens is 1. The minimum absolute atomic E-state index is 0.281. The van der Waals surface area contributed by atoms with Crippen LogP contribution in [0.15, 0.2) is 36.9 Å². The molecule has 4 nitrogen and oxygen atoms in total. The number of imidazole rings is 1. The molecule has 0 aliphatic heterocycles. The largest absolute Gasteiger partial charge is 0.397 e. The van der Waals surface area contributed by atoms with Gasteiger partial charge in [0.05, 0.1) is 17.7 Å². The number of anilines is 2. The van der Waals surface area contributed by atoms with Gasteiger partial charge < -0.3 is 15.6 Å². The fourth-order valence-electron chi connectivity index (χ4n) is 1.59. The molecule has 0 fully saturated rings. The van der Waals surface area contributed by atoms with Crippen molar-refractivity contribution in [3.63, 3.8) is 0 Å². The summed E-state index contributed by atoms with van der Waals surface area (Å²) in [5, 5.41) is 3.12. The van der Waals surface area contributed by atoms with Crippen molar-refractivity contribution in [2.45, 2.75) is 13.0 Å². The SMILES string of the molecule is Nc1ccc(F)cc1NCCCn1ccnc1. The van der Waals surface area contributed by atoms with E-state index in [0.29, 0.717) is 11.4 Å². The predicted molar refractivity (Wildman–Crippen MR) is 66.1 cm³/mol. The molecule has 1 aromatic heterocycles. The van der Waals surface area contributed by atoms with Crippen LogP contribution >= 0.6 is 0 Å². The molecule has 0 aliphatic carbocycles. The first-order valence-corrected chi connectivity index (χ1v) is 5.50. The molecule has 0 saturated carbocycles. The van der Waals surface area contributed by atoms with Crippen molar-refractivity contribution >= 4 is 11.4 Å². The first kappa shape index (κ1) is 11.4. The number of nitrogens with one attached hydrogen (secondary N) is 1. The quantitative estimate of drug-likeness (QED) is 0.615. The van der Waals surface area contributed by atoms with Crippen LogP contribution < -0.4 is 11.1 Å². The molecule has 2 rings (SSSR count). The van der Waals surface area contributed by atoms with E-state index in [4.69, 9.17) is 5.73 Å². The van der Waals surface area contributed by atoms with Crippen LogP contribution in [0.4, 0.5) is 15.8 Å². The van der Waals surface area contributed by atoms with Crippen LogP contribution in [-0.2, 0) is 6.54 Å². The summed E-state index contributed by atoms with van der Waals surface area (Å²) >= 11 is 0. The second kappa shape index (κ2) is 5.34. The standard InChI is InChI=1S/C12H15FN4/c13-10-2-3-11(14)12(8-10)16-4-1-6-17-7-5-15-9-17/h2-3,5,7-9,16H,1,4,6,14H2. The normalized spacial score (nSPS) is 10.4. The van der Waals surface area contributed by atoms with Crippen molar-refractivity contribution in [3.05, 3.63) is 42.7 Å². The molecule has 2 aromatic rings. The van der Waals surface area contributed by atoms with Crippen LogP contribution in [-0.4, -0.2) is 16.1 Å². The second-order valence-corrected chi connectivity index (χ2v) is 3.81. The Balaban J connectivity index is 1.80. The Morgan fingerprint density at radius 3 is 3.06 bits per heavy atom. The highest BCUT2D eigenvalue weighted by Crippen LogP contribution is 2.18. The van der Waals surface area contributed by atoms with Gasteiger partial charge in [-0.15, -0.1) is 0 Å². The number of nitrogen functional groups attached to an aromatic ring is 1. The van der Waals surface area contributed by atoms with Crippen molar-refractivity contribution < 1.29 is 4.39 Å². The van der Waals surface area contributed by atoms with Gasteiger partial charge in [0.2, 0.25) is 0 Å². The smallest absolute Gasteiger partial charge is 0.125 e. The minimum Gasteiger partial charge on any atom is -0.397 e. The average Bonchev–Trinajstić information content (AvgIpc) is 2.82. The molecule has 0 amide bonds. The first-order chi connectivity index (χ1) is 8.25. The number of nitrogens with zero attached hydrogens (tertiary/aromatic N) is 2. The van der Waals surface area contributed by atoms with Crippen molar-refractivity contribution in [1.82, 2.24) is 9.55 Å². The lowest BCUT2D eigenvalue weighted by Gasteiger charge is -2.09. The molecule has 17 heavy (non-hydrogen) atoms.